The molecule has 0 bridgehead atoms. The molecular formula is C11H14N4O2. The number of aromatic nitrogens is 4. The Balaban J connectivity index is 2.95. The summed E-state index contributed by atoms with van der Waals surface area (Å²) in [5, 5.41) is 0. The molecule has 0 aliphatic carbocycles. The fourth-order valence-electron chi connectivity index (χ4n) is 1.71. The predicted molar refractivity (Wildman–Crippen MR) is 65.8 cm³/mol. The summed E-state index contributed by atoms with van der Waals surface area (Å²) >= 11 is 0. The third kappa shape index (κ3) is 1.61. The Hall–Kier alpha value is -2.11. The molecule has 0 amide bonds. The van der Waals surface area contributed by atoms with E-state index in [1.165, 1.54) is 17.1 Å². The topological polar surface area (TPSA) is 61.8 Å². The Morgan fingerprint density at radius 1 is 1.35 bits per heavy atom. The average Bonchev–Trinajstić information content (AvgIpc) is 2.69. The second-order valence-electron chi connectivity index (χ2n) is 3.84. The molecule has 17 heavy (non-hydrogen) atoms. The van der Waals surface area contributed by atoms with Gasteiger partial charge in [0.15, 0.2) is 11.2 Å². The van der Waals surface area contributed by atoms with Crippen LogP contribution < -0.4 is 11.2 Å². The van der Waals surface area contributed by atoms with Crippen LogP contribution >= 0.6 is 0 Å². The second-order valence-corrected chi connectivity index (χ2v) is 3.84. The number of imidazole rings is 1. The summed E-state index contributed by atoms with van der Waals surface area (Å²) in [6.45, 7) is 1.94. The molecule has 0 aliphatic rings. The molecular weight excluding hydrogens is 220 g/mol. The monoisotopic (exact) mass is 234 g/mol. The van der Waals surface area contributed by atoms with Crippen LogP contribution in [-0.2, 0) is 14.1 Å². The highest BCUT2D eigenvalue weighted by Gasteiger charge is 2.12. The van der Waals surface area contributed by atoms with E-state index in [-0.39, 0.29) is 11.2 Å². The van der Waals surface area contributed by atoms with Crippen molar-refractivity contribution in [2.24, 2.45) is 14.1 Å². The largest absolute Gasteiger partial charge is 0.336 e. The molecule has 0 saturated heterocycles. The van der Waals surface area contributed by atoms with Gasteiger partial charge in [-0.25, -0.2) is 14.3 Å². The SMILES string of the molecule is CCC=Cn1c(=O)c2c(ncn2C)n(C)c1=O. The molecule has 0 fully saturated rings. The molecule has 2 aromatic rings. The Bertz CT molecular complexity index is 703. The number of aryl methyl sites for hydroxylation is 2. The molecule has 0 unspecified atom stereocenters. The molecule has 6 nitrogen and oxygen atoms in total. The van der Waals surface area contributed by atoms with Crippen molar-refractivity contribution >= 4 is 17.4 Å². The van der Waals surface area contributed by atoms with Gasteiger partial charge in [-0.15, -0.1) is 0 Å². The standard InChI is InChI=1S/C11H14N4O2/c1-4-5-6-15-10(16)8-9(12-7-13(8)2)14(3)11(15)17/h5-7H,4H2,1-3H3. The van der Waals surface area contributed by atoms with Crippen LogP contribution in [0, 0.1) is 0 Å². The summed E-state index contributed by atoms with van der Waals surface area (Å²) < 4.78 is 4.09. The maximum atomic E-state index is 12.1. The summed E-state index contributed by atoms with van der Waals surface area (Å²) in [6.07, 6.45) is 5.57. The van der Waals surface area contributed by atoms with Gasteiger partial charge in [0.25, 0.3) is 5.56 Å². The van der Waals surface area contributed by atoms with E-state index in [2.05, 4.69) is 4.98 Å². The third-order valence-corrected chi connectivity index (χ3v) is 2.64. The van der Waals surface area contributed by atoms with Crippen LogP contribution in [0.1, 0.15) is 13.3 Å². The van der Waals surface area contributed by atoms with Crippen molar-refractivity contribution in [2.45, 2.75) is 13.3 Å². The number of hydrogen-bond acceptors (Lipinski definition) is 3. The molecule has 0 aliphatic heterocycles. The van der Waals surface area contributed by atoms with Crippen molar-refractivity contribution in [3.05, 3.63) is 33.2 Å². The fraction of sp³-hybridized carbons (Fsp3) is 0.364. The van der Waals surface area contributed by atoms with E-state index in [9.17, 15) is 9.59 Å². The predicted octanol–water partition coefficient (Wildman–Crippen LogP) is 0.314. The lowest BCUT2D eigenvalue weighted by molar-refractivity contribution is 0.782. The number of rotatable bonds is 2. The van der Waals surface area contributed by atoms with E-state index >= 15 is 0 Å². The van der Waals surface area contributed by atoms with Gasteiger partial charge in [0.1, 0.15) is 0 Å². The van der Waals surface area contributed by atoms with Crippen LogP contribution in [0.2, 0.25) is 0 Å². The molecule has 6 heteroatoms. The van der Waals surface area contributed by atoms with Crippen LogP contribution in [0.3, 0.4) is 0 Å². The van der Waals surface area contributed by atoms with Gasteiger partial charge in [0.2, 0.25) is 0 Å². The van der Waals surface area contributed by atoms with Crippen LogP contribution in [0.25, 0.3) is 17.4 Å². The molecule has 2 rings (SSSR count). The first kappa shape index (κ1) is 11.4. The highest BCUT2D eigenvalue weighted by molar-refractivity contribution is 5.70. The van der Waals surface area contributed by atoms with E-state index in [4.69, 9.17) is 0 Å². The zero-order valence-electron chi connectivity index (χ0n) is 10.0. The molecule has 0 N–H and O–H groups in total. The minimum Gasteiger partial charge on any atom is -0.328 e. The van der Waals surface area contributed by atoms with Gasteiger partial charge in [0, 0.05) is 20.3 Å². The Morgan fingerprint density at radius 3 is 2.71 bits per heavy atom. The number of nitrogens with zero attached hydrogens (tertiary/aromatic N) is 4. The zero-order valence-corrected chi connectivity index (χ0v) is 10.0. The smallest absolute Gasteiger partial charge is 0.328 e. The summed E-state index contributed by atoms with van der Waals surface area (Å²) in [5.74, 6) is 0. The van der Waals surface area contributed by atoms with E-state index < -0.39 is 0 Å². The molecule has 0 atom stereocenters. The molecule has 0 spiro atoms. The maximum absolute atomic E-state index is 12.1. The highest BCUT2D eigenvalue weighted by atomic mass is 16.2. The lowest BCUT2D eigenvalue weighted by Gasteiger charge is -2.04. The summed E-state index contributed by atoms with van der Waals surface area (Å²) in [5.41, 5.74) is 0.107. The van der Waals surface area contributed by atoms with Crippen LogP contribution in [0.15, 0.2) is 22.0 Å². The lowest BCUT2D eigenvalue weighted by atomic mass is 10.4. The molecule has 0 radical (unpaired) electrons. The molecule has 2 heterocycles. The first-order valence-corrected chi connectivity index (χ1v) is 5.37. The van der Waals surface area contributed by atoms with Crippen LogP contribution in [-0.4, -0.2) is 18.7 Å². The highest BCUT2D eigenvalue weighted by Crippen LogP contribution is 2.02. The number of hydrogen-bond donors (Lipinski definition) is 0. The van der Waals surface area contributed by atoms with Crippen molar-refractivity contribution < 1.29 is 0 Å². The second kappa shape index (κ2) is 4.04. The van der Waals surface area contributed by atoms with Crippen molar-refractivity contribution in [2.75, 3.05) is 0 Å². The third-order valence-electron chi connectivity index (χ3n) is 2.64. The quantitative estimate of drug-likeness (QED) is 0.751. The van der Waals surface area contributed by atoms with E-state index in [0.29, 0.717) is 11.2 Å². The Kier molecular flexibility index (Phi) is 2.71. The van der Waals surface area contributed by atoms with Gasteiger partial charge in [-0.3, -0.25) is 9.36 Å². The first-order chi connectivity index (χ1) is 8.07. The molecule has 90 valence electrons. The first-order valence-electron chi connectivity index (χ1n) is 5.37. The van der Waals surface area contributed by atoms with Crippen molar-refractivity contribution in [1.29, 1.82) is 0 Å². The average molecular weight is 234 g/mol. The summed E-state index contributed by atoms with van der Waals surface area (Å²) in [4.78, 5) is 28.1. The molecule has 2 aromatic heterocycles. The minimum atomic E-state index is -0.383. The van der Waals surface area contributed by atoms with Crippen LogP contribution in [0.5, 0.6) is 0 Å². The van der Waals surface area contributed by atoms with E-state index in [0.717, 1.165) is 11.0 Å². The van der Waals surface area contributed by atoms with Gasteiger partial charge < -0.3 is 4.57 Å². The van der Waals surface area contributed by atoms with E-state index in [1.54, 1.807) is 24.7 Å². The van der Waals surface area contributed by atoms with Gasteiger partial charge in [-0.2, -0.15) is 0 Å². The molecule has 0 aromatic carbocycles. The van der Waals surface area contributed by atoms with Gasteiger partial charge in [0.05, 0.1) is 6.33 Å². The van der Waals surface area contributed by atoms with Crippen molar-refractivity contribution in [3.63, 3.8) is 0 Å². The van der Waals surface area contributed by atoms with Crippen LogP contribution in [0.4, 0.5) is 0 Å². The Labute approximate surface area is 97.4 Å². The van der Waals surface area contributed by atoms with Gasteiger partial charge >= 0.3 is 5.69 Å². The summed E-state index contributed by atoms with van der Waals surface area (Å²) in [6, 6.07) is 0. The van der Waals surface area contributed by atoms with Crippen molar-refractivity contribution in [3.8, 4) is 0 Å². The maximum Gasteiger partial charge on any atom is 0.336 e. The Morgan fingerprint density at radius 2 is 2.06 bits per heavy atom. The lowest BCUT2D eigenvalue weighted by Crippen LogP contribution is -2.36. The van der Waals surface area contributed by atoms with E-state index in [1.807, 2.05) is 6.92 Å². The minimum absolute atomic E-state index is 0.340. The fourth-order valence-corrected chi connectivity index (χ4v) is 1.71. The number of fused-ring (bicyclic) bond motifs is 1. The van der Waals surface area contributed by atoms with Crippen molar-refractivity contribution in [1.82, 2.24) is 18.7 Å². The summed E-state index contributed by atoms with van der Waals surface area (Å²) in [7, 11) is 3.34. The van der Waals surface area contributed by atoms with Gasteiger partial charge in [-0.1, -0.05) is 13.0 Å². The zero-order chi connectivity index (χ0) is 12.6. The number of allylic oxidation sites excluding steroid dienone is 1. The van der Waals surface area contributed by atoms with Gasteiger partial charge in [-0.05, 0) is 6.42 Å². The molecule has 0 saturated carbocycles. The normalized spacial score (nSPS) is 11.7.